The summed E-state index contributed by atoms with van der Waals surface area (Å²) < 4.78 is 50.2. The number of halogens is 4. The molecule has 11 heteroatoms. The quantitative estimate of drug-likeness (QED) is 0.236. The minimum atomic E-state index is -4.58. The van der Waals surface area contributed by atoms with Crippen LogP contribution in [0.1, 0.15) is 16.7 Å². The first-order valence-electron chi connectivity index (χ1n) is 11.0. The molecule has 0 saturated carbocycles. The van der Waals surface area contributed by atoms with Crippen LogP contribution < -0.4 is 20.1 Å². The fourth-order valence-corrected chi connectivity index (χ4v) is 3.86. The monoisotopic (exact) mass is 587 g/mol. The van der Waals surface area contributed by atoms with E-state index in [4.69, 9.17) is 9.47 Å². The number of rotatable bonds is 8. The van der Waals surface area contributed by atoms with Gasteiger partial charge in [0, 0.05) is 11.4 Å². The van der Waals surface area contributed by atoms with Gasteiger partial charge in [-0.25, -0.2) is 0 Å². The smallest absolute Gasteiger partial charge is 0.416 e. The summed E-state index contributed by atoms with van der Waals surface area (Å²) in [6, 6.07) is 16.1. The molecule has 0 unspecified atom stereocenters. The number of carbonyl (C=O) groups is 2. The number of alkyl halides is 3. The van der Waals surface area contributed by atoms with Crippen molar-refractivity contribution in [1.82, 2.24) is 0 Å². The van der Waals surface area contributed by atoms with Crippen LogP contribution in [0.15, 0.2) is 70.7 Å². The first-order valence-corrected chi connectivity index (χ1v) is 11.8. The predicted octanol–water partition coefficient (Wildman–Crippen LogP) is 6.35. The zero-order valence-corrected chi connectivity index (χ0v) is 21.7. The number of amides is 2. The van der Waals surface area contributed by atoms with Crippen molar-refractivity contribution in [2.24, 2.45) is 0 Å². The fourth-order valence-electron chi connectivity index (χ4n) is 3.29. The van der Waals surface area contributed by atoms with Gasteiger partial charge in [-0.1, -0.05) is 24.3 Å². The second-order valence-electron chi connectivity index (χ2n) is 7.89. The molecular formula is C27H21BrF3N3O4. The maximum atomic E-state index is 12.9. The largest absolute Gasteiger partial charge is 0.493 e. The predicted molar refractivity (Wildman–Crippen MR) is 140 cm³/mol. The van der Waals surface area contributed by atoms with Crippen molar-refractivity contribution in [2.75, 3.05) is 24.4 Å². The van der Waals surface area contributed by atoms with Gasteiger partial charge < -0.3 is 20.1 Å². The number of hydrogen-bond acceptors (Lipinski definition) is 5. The van der Waals surface area contributed by atoms with E-state index in [2.05, 4.69) is 26.6 Å². The number of hydrogen-bond donors (Lipinski definition) is 2. The van der Waals surface area contributed by atoms with E-state index in [0.717, 1.165) is 23.8 Å². The molecule has 0 radical (unpaired) electrons. The average Bonchev–Trinajstić information content (AvgIpc) is 2.87. The number of ether oxygens (including phenoxy) is 2. The van der Waals surface area contributed by atoms with Crippen molar-refractivity contribution < 1.29 is 32.2 Å². The molecule has 0 fully saturated rings. The van der Waals surface area contributed by atoms with E-state index in [1.54, 1.807) is 18.2 Å². The van der Waals surface area contributed by atoms with E-state index in [-0.39, 0.29) is 29.4 Å². The molecular weight excluding hydrogens is 567 g/mol. The molecule has 3 rings (SSSR count). The second-order valence-corrected chi connectivity index (χ2v) is 8.74. The van der Waals surface area contributed by atoms with E-state index in [0.29, 0.717) is 15.7 Å². The summed E-state index contributed by atoms with van der Waals surface area (Å²) in [5, 5.41) is 14.5. The van der Waals surface area contributed by atoms with Crippen LogP contribution in [0.25, 0.3) is 6.08 Å². The number of anilines is 2. The molecule has 3 aromatic carbocycles. The number of carbonyl (C=O) groups excluding carboxylic acids is 2. The fraction of sp³-hybridized carbons (Fsp3) is 0.148. The molecule has 0 saturated heterocycles. The Labute approximate surface area is 225 Å². The molecule has 0 spiro atoms. The molecule has 0 aromatic heterocycles. The topological polar surface area (TPSA) is 100 Å². The highest BCUT2D eigenvalue weighted by Crippen LogP contribution is 2.37. The molecule has 0 atom stereocenters. The van der Waals surface area contributed by atoms with Gasteiger partial charge >= 0.3 is 6.18 Å². The van der Waals surface area contributed by atoms with E-state index in [9.17, 15) is 28.0 Å². The van der Waals surface area contributed by atoms with Crippen LogP contribution in [-0.2, 0) is 15.8 Å². The Morgan fingerprint density at radius 2 is 1.82 bits per heavy atom. The van der Waals surface area contributed by atoms with E-state index < -0.39 is 23.6 Å². The van der Waals surface area contributed by atoms with Crippen molar-refractivity contribution in [3.63, 3.8) is 0 Å². The second kappa shape index (κ2) is 12.3. The van der Waals surface area contributed by atoms with Crippen molar-refractivity contribution >= 4 is 45.2 Å². The highest BCUT2D eigenvalue weighted by Gasteiger charge is 2.30. The lowest BCUT2D eigenvalue weighted by Gasteiger charge is -2.14. The first-order chi connectivity index (χ1) is 18.0. The minimum absolute atomic E-state index is 0.113. The van der Waals surface area contributed by atoms with E-state index in [1.165, 1.54) is 31.4 Å². The van der Waals surface area contributed by atoms with Crippen LogP contribution in [0, 0.1) is 18.3 Å². The summed E-state index contributed by atoms with van der Waals surface area (Å²) in [5.41, 5.74) is 0.497. The van der Waals surface area contributed by atoms with Crippen LogP contribution in [0.3, 0.4) is 0 Å². The molecule has 0 heterocycles. The average molecular weight is 588 g/mol. The van der Waals surface area contributed by atoms with Gasteiger partial charge in [-0.3, -0.25) is 9.59 Å². The summed E-state index contributed by atoms with van der Waals surface area (Å²) in [6.07, 6.45) is -3.34. The first kappa shape index (κ1) is 28.3. The van der Waals surface area contributed by atoms with Crippen molar-refractivity contribution in [2.45, 2.75) is 13.1 Å². The normalized spacial score (nSPS) is 11.3. The lowest BCUT2D eigenvalue weighted by atomic mass is 10.1. The number of para-hydroxylation sites is 1. The maximum absolute atomic E-state index is 12.9. The Bertz CT molecular complexity index is 1430. The van der Waals surface area contributed by atoms with Gasteiger partial charge in [0.2, 0.25) is 0 Å². The molecule has 196 valence electrons. The molecule has 3 aromatic rings. The van der Waals surface area contributed by atoms with E-state index >= 15 is 0 Å². The molecule has 38 heavy (non-hydrogen) atoms. The Balaban J connectivity index is 1.76. The van der Waals surface area contributed by atoms with Gasteiger partial charge in [-0.05, 0) is 76.5 Å². The Hall–Kier alpha value is -4.30. The lowest BCUT2D eigenvalue weighted by molar-refractivity contribution is -0.137. The summed E-state index contributed by atoms with van der Waals surface area (Å²) in [6.45, 7) is 1.54. The van der Waals surface area contributed by atoms with Crippen molar-refractivity contribution in [3.8, 4) is 17.6 Å². The molecule has 0 bridgehead atoms. The van der Waals surface area contributed by atoms with Crippen LogP contribution in [0.4, 0.5) is 24.5 Å². The van der Waals surface area contributed by atoms with Gasteiger partial charge in [0.05, 0.1) is 17.1 Å². The third-order valence-electron chi connectivity index (χ3n) is 5.14. The van der Waals surface area contributed by atoms with Gasteiger partial charge in [0.1, 0.15) is 11.6 Å². The molecule has 0 aliphatic carbocycles. The van der Waals surface area contributed by atoms with Crippen LogP contribution >= 0.6 is 15.9 Å². The molecule has 2 amide bonds. The number of methoxy groups -OCH3 is 1. The highest BCUT2D eigenvalue weighted by atomic mass is 79.9. The van der Waals surface area contributed by atoms with Gasteiger partial charge in [0.25, 0.3) is 11.8 Å². The van der Waals surface area contributed by atoms with Crippen LogP contribution in [0.5, 0.6) is 11.5 Å². The third-order valence-corrected chi connectivity index (χ3v) is 5.73. The molecule has 0 aliphatic rings. The number of benzene rings is 3. The number of nitrogens with zero attached hydrogens (tertiary/aromatic N) is 1. The Kier molecular flexibility index (Phi) is 9.15. The zero-order valence-electron chi connectivity index (χ0n) is 20.2. The number of aryl methyl sites for hydroxylation is 1. The Morgan fingerprint density at radius 3 is 2.47 bits per heavy atom. The lowest BCUT2D eigenvalue weighted by Crippen LogP contribution is -2.21. The maximum Gasteiger partial charge on any atom is 0.416 e. The van der Waals surface area contributed by atoms with E-state index in [1.807, 2.05) is 19.1 Å². The summed E-state index contributed by atoms with van der Waals surface area (Å²) in [7, 11) is 1.38. The molecule has 0 aliphatic heterocycles. The van der Waals surface area contributed by atoms with Crippen LogP contribution in [0.2, 0.25) is 0 Å². The van der Waals surface area contributed by atoms with Crippen molar-refractivity contribution in [1.29, 1.82) is 5.26 Å². The summed E-state index contributed by atoms with van der Waals surface area (Å²) >= 11 is 3.34. The summed E-state index contributed by atoms with van der Waals surface area (Å²) in [4.78, 5) is 24.9. The third kappa shape index (κ3) is 7.36. The van der Waals surface area contributed by atoms with Crippen molar-refractivity contribution in [3.05, 3.63) is 87.4 Å². The SMILES string of the molecule is COc1cc(/C=C(\C#N)C(=O)Nc2cccc(C(F)(F)F)c2)cc(Br)c1OCC(=O)Nc1ccccc1C. The molecule has 7 nitrogen and oxygen atoms in total. The van der Waals surface area contributed by atoms with Gasteiger partial charge in [-0.15, -0.1) is 0 Å². The highest BCUT2D eigenvalue weighted by molar-refractivity contribution is 9.10. The Morgan fingerprint density at radius 1 is 1.08 bits per heavy atom. The van der Waals surface area contributed by atoms with Gasteiger partial charge in [0.15, 0.2) is 18.1 Å². The minimum Gasteiger partial charge on any atom is -0.493 e. The van der Waals surface area contributed by atoms with Gasteiger partial charge in [-0.2, -0.15) is 18.4 Å². The summed E-state index contributed by atoms with van der Waals surface area (Å²) in [5.74, 6) is -0.855. The zero-order chi connectivity index (χ0) is 27.9. The number of nitriles is 1. The molecule has 2 N–H and O–H groups in total. The standard InChI is InChI=1S/C27H21BrF3N3O4/c1-16-6-3-4-9-22(16)34-24(35)15-38-25-21(28)11-17(12-23(25)37-2)10-18(14-32)26(36)33-20-8-5-7-19(13-20)27(29,30)31/h3-13H,15H2,1-2H3,(H,33,36)(H,34,35)/b18-10+. The number of nitrogens with one attached hydrogen (secondary N) is 2. The van der Waals surface area contributed by atoms with Crippen LogP contribution in [-0.4, -0.2) is 25.5 Å².